The van der Waals surface area contributed by atoms with Crippen molar-refractivity contribution in [1.82, 2.24) is 4.90 Å². The van der Waals surface area contributed by atoms with E-state index in [0.717, 1.165) is 26.7 Å². The Hall–Kier alpha value is -1.18. The predicted octanol–water partition coefficient (Wildman–Crippen LogP) is 2.57. The van der Waals surface area contributed by atoms with Crippen LogP contribution in [-0.4, -0.2) is 27.1 Å². The zero-order valence-corrected chi connectivity index (χ0v) is 15.0. The lowest BCUT2D eigenvalue weighted by molar-refractivity contribution is -0.310. The van der Waals surface area contributed by atoms with Gasteiger partial charge in [0.1, 0.15) is 4.32 Å². The molecule has 0 radical (unpaired) electrons. The molecule has 1 heterocycles. The van der Waals surface area contributed by atoms with Crippen molar-refractivity contribution in [1.29, 1.82) is 0 Å². The number of aliphatic carboxylic acids is 1. The fourth-order valence-electron chi connectivity index (χ4n) is 2.12. The van der Waals surface area contributed by atoms with Crippen molar-refractivity contribution in [2.24, 2.45) is 0 Å². The van der Waals surface area contributed by atoms with Gasteiger partial charge in [0, 0.05) is 4.47 Å². The van der Waals surface area contributed by atoms with Crippen molar-refractivity contribution in [3.05, 3.63) is 39.2 Å². The number of halogens is 1. The SMILES string of the molecule is CCC[C@H](C(=O)[O-])N1C(=O)/C(=C/c2cccc(Br)c2)SC1=S. The first-order valence-corrected chi connectivity index (χ1v) is 8.69. The van der Waals surface area contributed by atoms with E-state index in [1.807, 2.05) is 31.2 Å². The molecule has 0 bridgehead atoms. The lowest BCUT2D eigenvalue weighted by atomic mass is 10.1. The number of nitrogens with zero attached hydrogens (tertiary/aromatic N) is 1. The van der Waals surface area contributed by atoms with Crippen molar-refractivity contribution in [3.63, 3.8) is 0 Å². The van der Waals surface area contributed by atoms with E-state index in [0.29, 0.717) is 17.7 Å². The normalized spacial score (nSPS) is 18.1. The topological polar surface area (TPSA) is 60.4 Å². The van der Waals surface area contributed by atoms with Crippen molar-refractivity contribution in [2.75, 3.05) is 0 Å². The van der Waals surface area contributed by atoms with Gasteiger partial charge in [0.2, 0.25) is 0 Å². The van der Waals surface area contributed by atoms with E-state index < -0.39 is 12.0 Å². The molecule has 22 heavy (non-hydrogen) atoms. The van der Waals surface area contributed by atoms with Gasteiger partial charge in [0.05, 0.1) is 16.9 Å². The van der Waals surface area contributed by atoms with E-state index in [-0.39, 0.29) is 10.2 Å². The molecule has 1 saturated heterocycles. The molecule has 7 heteroatoms. The number of carboxylic acids is 1. The standard InChI is InChI=1S/C15H14BrNO3S2/c1-2-4-11(14(19)20)17-13(18)12(22-15(17)21)8-9-5-3-6-10(16)7-9/h3,5-8,11H,2,4H2,1H3,(H,19,20)/p-1/b12-8-/t11-/m1/s1. The van der Waals surface area contributed by atoms with Gasteiger partial charge in [0.25, 0.3) is 5.91 Å². The lowest BCUT2D eigenvalue weighted by Gasteiger charge is -2.27. The van der Waals surface area contributed by atoms with Crippen LogP contribution < -0.4 is 5.11 Å². The van der Waals surface area contributed by atoms with Crippen molar-refractivity contribution in [2.45, 2.75) is 25.8 Å². The summed E-state index contributed by atoms with van der Waals surface area (Å²) in [5, 5.41) is 11.3. The first-order valence-electron chi connectivity index (χ1n) is 6.67. The Morgan fingerprint density at radius 2 is 2.27 bits per heavy atom. The number of thiocarbonyl (C=S) groups is 1. The Kier molecular flexibility index (Phi) is 5.77. The van der Waals surface area contributed by atoms with E-state index in [4.69, 9.17) is 12.2 Å². The number of carbonyl (C=O) groups is 2. The molecule has 0 aromatic heterocycles. The number of rotatable bonds is 5. The van der Waals surface area contributed by atoms with E-state index in [9.17, 15) is 14.7 Å². The second-order valence-electron chi connectivity index (χ2n) is 4.73. The van der Waals surface area contributed by atoms with E-state index in [2.05, 4.69) is 15.9 Å². The fourth-order valence-corrected chi connectivity index (χ4v) is 3.90. The van der Waals surface area contributed by atoms with E-state index in [1.54, 1.807) is 6.08 Å². The van der Waals surface area contributed by atoms with Gasteiger partial charge in [-0.2, -0.15) is 0 Å². The highest BCUT2D eigenvalue weighted by atomic mass is 79.9. The summed E-state index contributed by atoms with van der Waals surface area (Å²) in [5.41, 5.74) is 0.843. The molecule has 1 aromatic carbocycles. The minimum absolute atomic E-state index is 0.258. The molecule has 4 nitrogen and oxygen atoms in total. The molecular formula is C15H13BrNO3S2-. The Morgan fingerprint density at radius 3 is 2.86 bits per heavy atom. The van der Waals surface area contributed by atoms with Gasteiger partial charge >= 0.3 is 0 Å². The van der Waals surface area contributed by atoms with Crippen LogP contribution in [0.15, 0.2) is 33.6 Å². The Morgan fingerprint density at radius 1 is 1.55 bits per heavy atom. The third kappa shape index (κ3) is 3.77. The molecule has 0 saturated carbocycles. The van der Waals surface area contributed by atoms with Crippen LogP contribution in [0.5, 0.6) is 0 Å². The molecule has 1 aliphatic heterocycles. The summed E-state index contributed by atoms with van der Waals surface area (Å²) < 4.78 is 1.16. The molecular weight excluding hydrogens is 386 g/mol. The minimum Gasteiger partial charge on any atom is -0.548 e. The van der Waals surface area contributed by atoms with Crippen molar-refractivity contribution in [3.8, 4) is 0 Å². The molecule has 1 atom stereocenters. The van der Waals surface area contributed by atoms with E-state index >= 15 is 0 Å². The third-order valence-electron chi connectivity index (χ3n) is 3.12. The zero-order valence-electron chi connectivity index (χ0n) is 11.7. The van der Waals surface area contributed by atoms with Gasteiger partial charge in [-0.25, -0.2) is 0 Å². The van der Waals surface area contributed by atoms with Crippen LogP contribution in [0.4, 0.5) is 0 Å². The number of amides is 1. The predicted molar refractivity (Wildman–Crippen MR) is 92.9 cm³/mol. The van der Waals surface area contributed by atoms with Crippen LogP contribution >= 0.6 is 39.9 Å². The van der Waals surface area contributed by atoms with Gasteiger partial charge in [-0.1, -0.05) is 65.4 Å². The van der Waals surface area contributed by atoms with Gasteiger partial charge in [-0.05, 0) is 30.2 Å². The zero-order chi connectivity index (χ0) is 16.3. The van der Waals surface area contributed by atoms with Gasteiger partial charge in [-0.15, -0.1) is 0 Å². The maximum absolute atomic E-state index is 12.5. The largest absolute Gasteiger partial charge is 0.548 e. The third-order valence-corrected chi connectivity index (χ3v) is 4.94. The van der Waals surface area contributed by atoms with Crippen LogP contribution in [0.3, 0.4) is 0 Å². The smallest absolute Gasteiger partial charge is 0.266 e. The highest BCUT2D eigenvalue weighted by molar-refractivity contribution is 9.10. The summed E-state index contributed by atoms with van der Waals surface area (Å²) >= 11 is 9.66. The Bertz CT molecular complexity index is 660. The monoisotopic (exact) mass is 398 g/mol. The number of carboxylic acid groups (broad SMARTS) is 1. The number of hydrogen-bond acceptors (Lipinski definition) is 5. The molecule has 1 fully saturated rings. The summed E-state index contributed by atoms with van der Waals surface area (Å²) in [7, 11) is 0. The van der Waals surface area contributed by atoms with Crippen LogP contribution in [0, 0.1) is 0 Å². The summed E-state index contributed by atoms with van der Waals surface area (Å²) in [4.78, 5) is 25.3. The maximum atomic E-state index is 12.5. The minimum atomic E-state index is -1.28. The summed E-state index contributed by atoms with van der Waals surface area (Å²) in [6, 6.07) is 6.47. The summed E-state index contributed by atoms with van der Waals surface area (Å²) in [6.07, 6.45) is 2.65. The molecule has 2 rings (SSSR count). The van der Waals surface area contributed by atoms with Crippen molar-refractivity contribution >= 4 is 62.2 Å². The molecule has 116 valence electrons. The van der Waals surface area contributed by atoms with E-state index in [1.165, 1.54) is 0 Å². The van der Waals surface area contributed by atoms with Crippen LogP contribution in [0.2, 0.25) is 0 Å². The first-order chi connectivity index (χ1) is 10.4. The molecule has 0 spiro atoms. The highest BCUT2D eigenvalue weighted by Gasteiger charge is 2.37. The van der Waals surface area contributed by atoms with Gasteiger partial charge in [-0.3, -0.25) is 9.69 Å². The van der Waals surface area contributed by atoms with Crippen LogP contribution in [-0.2, 0) is 9.59 Å². The average Bonchev–Trinajstić information content (AvgIpc) is 2.71. The quantitative estimate of drug-likeness (QED) is 0.563. The molecule has 1 amide bonds. The molecule has 0 aliphatic carbocycles. The average molecular weight is 399 g/mol. The number of hydrogen-bond donors (Lipinski definition) is 0. The van der Waals surface area contributed by atoms with Crippen LogP contribution in [0.1, 0.15) is 25.3 Å². The molecule has 1 aliphatic rings. The molecule has 0 N–H and O–H groups in total. The second kappa shape index (κ2) is 7.39. The number of carbonyl (C=O) groups excluding carboxylic acids is 2. The lowest BCUT2D eigenvalue weighted by Crippen LogP contribution is -2.49. The van der Waals surface area contributed by atoms with Crippen molar-refractivity contribution < 1.29 is 14.7 Å². The molecule has 1 aromatic rings. The van der Waals surface area contributed by atoms with Crippen LogP contribution in [0.25, 0.3) is 6.08 Å². The van der Waals surface area contributed by atoms with Gasteiger partial charge in [0.15, 0.2) is 0 Å². The highest BCUT2D eigenvalue weighted by Crippen LogP contribution is 2.34. The molecule has 0 unspecified atom stereocenters. The number of thioether (sulfide) groups is 1. The summed E-state index contributed by atoms with van der Waals surface area (Å²) in [6.45, 7) is 1.85. The first kappa shape index (κ1) is 17.2. The second-order valence-corrected chi connectivity index (χ2v) is 7.32. The van der Waals surface area contributed by atoms with Gasteiger partial charge < -0.3 is 9.90 Å². The number of benzene rings is 1. The Balaban J connectivity index is 2.30. The Labute approximate surface area is 146 Å². The fraction of sp³-hybridized carbons (Fsp3) is 0.267. The maximum Gasteiger partial charge on any atom is 0.266 e. The summed E-state index contributed by atoms with van der Waals surface area (Å²) in [5.74, 6) is -1.65.